The third-order valence-corrected chi connectivity index (χ3v) is 4.94. The van der Waals surface area contributed by atoms with E-state index in [4.69, 9.17) is 4.52 Å². The predicted molar refractivity (Wildman–Crippen MR) is 114 cm³/mol. The summed E-state index contributed by atoms with van der Waals surface area (Å²) >= 11 is 0. The first-order valence-corrected chi connectivity index (χ1v) is 9.57. The number of pyridine rings is 1. The molecule has 142 valence electrons. The van der Waals surface area contributed by atoms with E-state index in [1.54, 1.807) is 0 Å². The second kappa shape index (κ2) is 7.12. The van der Waals surface area contributed by atoms with Gasteiger partial charge in [-0.1, -0.05) is 62.3 Å². The summed E-state index contributed by atoms with van der Waals surface area (Å²) in [5, 5.41) is 8.58. The summed E-state index contributed by atoms with van der Waals surface area (Å²) in [6.45, 7) is 9.37. The van der Waals surface area contributed by atoms with Crippen LogP contribution >= 0.6 is 0 Å². The normalized spacial score (nSPS) is 11.7. The molecule has 0 radical (unpaired) electrons. The van der Waals surface area contributed by atoms with Gasteiger partial charge in [-0.25, -0.2) is 0 Å². The van der Waals surface area contributed by atoms with Crippen LogP contribution in [-0.4, -0.2) is 10.1 Å². The van der Waals surface area contributed by atoms with Gasteiger partial charge >= 0.3 is 0 Å². The molecule has 0 amide bonds. The molecule has 4 rings (SSSR count). The monoisotopic (exact) mass is 371 g/mol. The van der Waals surface area contributed by atoms with Crippen molar-refractivity contribution in [1.82, 2.24) is 10.1 Å². The Balaban J connectivity index is 1.52. The van der Waals surface area contributed by atoms with Gasteiger partial charge in [0.05, 0.1) is 11.1 Å². The molecule has 0 bridgehead atoms. The van der Waals surface area contributed by atoms with E-state index in [1.165, 1.54) is 11.1 Å². The largest absolute Gasteiger partial charge is 0.363 e. The first-order valence-electron chi connectivity index (χ1n) is 9.57. The zero-order chi connectivity index (χ0) is 19.7. The van der Waals surface area contributed by atoms with Crippen molar-refractivity contribution in [3.8, 4) is 11.3 Å². The lowest BCUT2D eigenvalue weighted by Crippen LogP contribution is -2.11. The van der Waals surface area contributed by atoms with Gasteiger partial charge in [-0.2, -0.15) is 0 Å². The van der Waals surface area contributed by atoms with Gasteiger partial charge in [0.25, 0.3) is 0 Å². The number of rotatable bonds is 4. The van der Waals surface area contributed by atoms with Crippen LogP contribution in [0.1, 0.15) is 37.6 Å². The summed E-state index contributed by atoms with van der Waals surface area (Å²) in [5.74, 6) is 0.763. The molecule has 0 aliphatic carbocycles. The van der Waals surface area contributed by atoms with Crippen LogP contribution in [0.15, 0.2) is 65.2 Å². The molecule has 0 spiro atoms. The number of hydrogen-bond acceptors (Lipinski definition) is 4. The van der Waals surface area contributed by atoms with E-state index >= 15 is 0 Å². The number of nitrogens with zero attached hydrogens (tertiary/aromatic N) is 2. The molecule has 0 fully saturated rings. The van der Waals surface area contributed by atoms with E-state index in [9.17, 15) is 0 Å². The highest BCUT2D eigenvalue weighted by Crippen LogP contribution is 2.28. The molecule has 4 nitrogen and oxygen atoms in total. The Bertz CT molecular complexity index is 1100. The summed E-state index contributed by atoms with van der Waals surface area (Å²) in [4.78, 5) is 4.58. The van der Waals surface area contributed by atoms with Crippen molar-refractivity contribution in [1.29, 1.82) is 0 Å². The van der Waals surface area contributed by atoms with Crippen LogP contribution in [0.5, 0.6) is 0 Å². The van der Waals surface area contributed by atoms with E-state index < -0.39 is 0 Å². The summed E-state index contributed by atoms with van der Waals surface area (Å²) in [6, 6.07) is 20.8. The number of anilines is 1. The van der Waals surface area contributed by atoms with Crippen molar-refractivity contribution in [3.05, 3.63) is 77.5 Å². The number of aromatic nitrogens is 2. The van der Waals surface area contributed by atoms with E-state index in [0.29, 0.717) is 6.54 Å². The minimum absolute atomic E-state index is 0.165. The van der Waals surface area contributed by atoms with Crippen LogP contribution in [-0.2, 0) is 12.0 Å². The molecule has 2 aromatic heterocycles. The molecular formula is C24H25N3O. The lowest BCUT2D eigenvalue weighted by molar-refractivity contribution is 0.459. The van der Waals surface area contributed by atoms with Crippen molar-refractivity contribution in [2.45, 2.75) is 39.7 Å². The number of nitrogens with one attached hydrogen (secondary N) is 1. The number of benzene rings is 2. The lowest BCUT2D eigenvalue weighted by Gasteiger charge is -2.19. The number of aryl methyl sites for hydroxylation is 1. The molecule has 0 atom stereocenters. The molecule has 2 heterocycles. The Labute approximate surface area is 165 Å². The topological polar surface area (TPSA) is 51.0 Å². The van der Waals surface area contributed by atoms with E-state index in [-0.39, 0.29) is 5.41 Å². The van der Waals surface area contributed by atoms with Crippen LogP contribution in [0, 0.1) is 6.92 Å². The predicted octanol–water partition coefficient (Wildman–Crippen LogP) is 6.11. The van der Waals surface area contributed by atoms with Gasteiger partial charge < -0.3 is 9.84 Å². The second-order valence-corrected chi connectivity index (χ2v) is 8.21. The molecular weight excluding hydrogens is 346 g/mol. The Hall–Kier alpha value is -3.14. The third-order valence-electron chi connectivity index (χ3n) is 4.94. The number of hydrogen-bond donors (Lipinski definition) is 1. The second-order valence-electron chi connectivity index (χ2n) is 8.21. The molecule has 0 aliphatic heterocycles. The van der Waals surface area contributed by atoms with E-state index in [0.717, 1.165) is 33.7 Å². The molecule has 4 aromatic rings. The fraction of sp³-hybridized carbons (Fsp3) is 0.250. The molecule has 4 heteroatoms. The lowest BCUT2D eigenvalue weighted by atomic mass is 9.87. The standard InChI is InChI=1S/C24H25N3O/c1-16-6-5-7-21(26-16)18-10-13-20-22(14-18)28-27-23(20)25-15-17-8-11-19(12-9-17)24(2,3)4/h5-14H,15H2,1-4H3,(H,25,27). The Morgan fingerprint density at radius 3 is 2.46 bits per heavy atom. The molecule has 0 unspecified atom stereocenters. The maximum Gasteiger partial charge on any atom is 0.177 e. The van der Waals surface area contributed by atoms with Gasteiger partial charge in [-0.05, 0) is 47.7 Å². The smallest absolute Gasteiger partial charge is 0.177 e. The summed E-state index contributed by atoms with van der Waals surface area (Å²) in [7, 11) is 0. The molecule has 0 saturated carbocycles. The van der Waals surface area contributed by atoms with Crippen molar-refractivity contribution in [2.24, 2.45) is 0 Å². The van der Waals surface area contributed by atoms with Crippen LogP contribution < -0.4 is 5.32 Å². The molecule has 28 heavy (non-hydrogen) atoms. The Morgan fingerprint density at radius 2 is 1.75 bits per heavy atom. The van der Waals surface area contributed by atoms with Gasteiger partial charge in [-0.3, -0.25) is 4.98 Å². The quantitative estimate of drug-likeness (QED) is 0.470. The van der Waals surface area contributed by atoms with E-state index in [2.05, 4.69) is 66.6 Å². The fourth-order valence-electron chi connectivity index (χ4n) is 3.24. The number of fused-ring (bicyclic) bond motifs is 1. The van der Waals surface area contributed by atoms with Crippen molar-refractivity contribution in [2.75, 3.05) is 5.32 Å². The minimum atomic E-state index is 0.165. The Morgan fingerprint density at radius 1 is 0.964 bits per heavy atom. The SMILES string of the molecule is Cc1cccc(-c2ccc3c(NCc4ccc(C(C)(C)C)cc4)noc3c2)n1. The fourth-order valence-corrected chi connectivity index (χ4v) is 3.24. The highest BCUT2D eigenvalue weighted by molar-refractivity contribution is 5.90. The maximum absolute atomic E-state index is 5.55. The van der Waals surface area contributed by atoms with Crippen LogP contribution in [0.3, 0.4) is 0 Å². The van der Waals surface area contributed by atoms with Crippen LogP contribution in [0.25, 0.3) is 22.2 Å². The van der Waals surface area contributed by atoms with Gasteiger partial charge in [0, 0.05) is 17.8 Å². The first kappa shape index (κ1) is 18.2. The van der Waals surface area contributed by atoms with Gasteiger partial charge in [-0.15, -0.1) is 0 Å². The third kappa shape index (κ3) is 3.77. The molecule has 1 N–H and O–H groups in total. The van der Waals surface area contributed by atoms with Crippen molar-refractivity contribution >= 4 is 16.8 Å². The van der Waals surface area contributed by atoms with Gasteiger partial charge in [0.15, 0.2) is 11.4 Å². The van der Waals surface area contributed by atoms with Crippen molar-refractivity contribution in [3.63, 3.8) is 0 Å². The highest BCUT2D eigenvalue weighted by atomic mass is 16.5. The highest BCUT2D eigenvalue weighted by Gasteiger charge is 2.13. The zero-order valence-electron chi connectivity index (χ0n) is 16.8. The average molecular weight is 371 g/mol. The first-order chi connectivity index (χ1) is 13.4. The van der Waals surface area contributed by atoms with Crippen LogP contribution in [0.2, 0.25) is 0 Å². The maximum atomic E-state index is 5.55. The zero-order valence-corrected chi connectivity index (χ0v) is 16.8. The van der Waals surface area contributed by atoms with Gasteiger partial charge in [0.1, 0.15) is 0 Å². The van der Waals surface area contributed by atoms with Crippen LogP contribution in [0.4, 0.5) is 5.82 Å². The summed E-state index contributed by atoms with van der Waals surface area (Å²) in [5.41, 5.74) is 6.42. The summed E-state index contributed by atoms with van der Waals surface area (Å²) in [6.07, 6.45) is 0. The summed E-state index contributed by atoms with van der Waals surface area (Å²) < 4.78 is 5.55. The molecule has 0 saturated heterocycles. The Kier molecular flexibility index (Phi) is 4.63. The van der Waals surface area contributed by atoms with Crippen molar-refractivity contribution < 1.29 is 4.52 Å². The van der Waals surface area contributed by atoms with Gasteiger partial charge in [0.2, 0.25) is 0 Å². The molecule has 0 aliphatic rings. The average Bonchev–Trinajstić information content (AvgIpc) is 3.08. The minimum Gasteiger partial charge on any atom is -0.363 e. The van der Waals surface area contributed by atoms with E-state index in [1.807, 2.05) is 37.3 Å². The molecule has 2 aromatic carbocycles.